The van der Waals surface area contributed by atoms with Crippen LogP contribution in [-0.4, -0.2) is 22.1 Å². The van der Waals surface area contributed by atoms with Crippen molar-refractivity contribution in [2.75, 3.05) is 12.1 Å². The third-order valence-corrected chi connectivity index (χ3v) is 5.77. The van der Waals surface area contributed by atoms with Gasteiger partial charge in [0.2, 0.25) is 12.7 Å². The summed E-state index contributed by atoms with van der Waals surface area (Å²) in [5, 5.41) is 3.38. The fourth-order valence-corrected chi connectivity index (χ4v) is 3.99. The molecule has 1 aromatic heterocycles. The monoisotopic (exact) mass is 447 g/mol. The van der Waals surface area contributed by atoms with Crippen molar-refractivity contribution in [1.82, 2.24) is 9.36 Å². The Balaban J connectivity index is 1.30. The van der Waals surface area contributed by atoms with Crippen LogP contribution in [0.2, 0.25) is 0 Å². The second-order valence-corrected chi connectivity index (χ2v) is 7.98. The maximum absolute atomic E-state index is 13.2. The first-order valence-corrected chi connectivity index (χ1v) is 10.6. The Labute approximate surface area is 188 Å². The lowest BCUT2D eigenvalue weighted by Gasteiger charge is -2.10. The minimum atomic E-state index is -0.302. The number of nitrogens with one attached hydrogen (secondary N) is 1. The molecule has 33 heavy (non-hydrogen) atoms. The van der Waals surface area contributed by atoms with E-state index in [2.05, 4.69) is 5.32 Å². The SMILES string of the molecule is Cn1c(=O)c2cc(NC(=O)CCc3ccc4c(c3)OCO4)ccc2n1Cc1ccc(F)cc1. The molecule has 3 aromatic carbocycles. The van der Waals surface area contributed by atoms with Crippen LogP contribution in [0.25, 0.3) is 10.9 Å². The van der Waals surface area contributed by atoms with E-state index in [0.29, 0.717) is 42.0 Å². The summed E-state index contributed by atoms with van der Waals surface area (Å²) >= 11 is 0. The second kappa shape index (κ2) is 8.46. The third-order valence-electron chi connectivity index (χ3n) is 5.77. The van der Waals surface area contributed by atoms with Gasteiger partial charge in [0.15, 0.2) is 11.5 Å². The molecule has 1 amide bonds. The van der Waals surface area contributed by atoms with E-state index >= 15 is 0 Å². The smallest absolute Gasteiger partial charge is 0.274 e. The van der Waals surface area contributed by atoms with Crippen molar-refractivity contribution >= 4 is 22.5 Å². The molecule has 168 valence electrons. The minimum absolute atomic E-state index is 0.144. The molecule has 0 aliphatic carbocycles. The van der Waals surface area contributed by atoms with Crippen LogP contribution in [0, 0.1) is 5.82 Å². The largest absolute Gasteiger partial charge is 0.454 e. The molecule has 0 unspecified atom stereocenters. The van der Waals surface area contributed by atoms with E-state index in [1.165, 1.54) is 16.8 Å². The number of aromatic nitrogens is 2. The van der Waals surface area contributed by atoms with Crippen molar-refractivity contribution in [2.24, 2.45) is 7.05 Å². The molecule has 2 heterocycles. The highest BCUT2D eigenvalue weighted by atomic mass is 19.1. The number of carbonyl (C=O) groups excluding carboxylic acids is 1. The number of halogens is 1. The first-order chi connectivity index (χ1) is 16.0. The number of fused-ring (bicyclic) bond motifs is 2. The molecule has 8 heteroatoms. The average molecular weight is 447 g/mol. The summed E-state index contributed by atoms with van der Waals surface area (Å²) in [5.74, 6) is 0.960. The Kier molecular flexibility index (Phi) is 5.34. The van der Waals surface area contributed by atoms with Crippen molar-refractivity contribution in [3.63, 3.8) is 0 Å². The fraction of sp³-hybridized carbons (Fsp3) is 0.200. The molecule has 0 saturated heterocycles. The van der Waals surface area contributed by atoms with Gasteiger partial charge in [0, 0.05) is 19.2 Å². The molecule has 0 saturated carbocycles. The second-order valence-electron chi connectivity index (χ2n) is 7.98. The lowest BCUT2D eigenvalue weighted by molar-refractivity contribution is -0.116. The number of anilines is 1. The zero-order valence-electron chi connectivity index (χ0n) is 18.0. The van der Waals surface area contributed by atoms with Crippen LogP contribution in [0.3, 0.4) is 0 Å². The van der Waals surface area contributed by atoms with E-state index in [-0.39, 0.29) is 24.1 Å². The van der Waals surface area contributed by atoms with Gasteiger partial charge in [-0.2, -0.15) is 0 Å². The van der Waals surface area contributed by atoms with Crippen LogP contribution in [0.5, 0.6) is 11.5 Å². The van der Waals surface area contributed by atoms with Gasteiger partial charge in [0.1, 0.15) is 5.82 Å². The fourth-order valence-electron chi connectivity index (χ4n) is 3.99. The van der Waals surface area contributed by atoms with Gasteiger partial charge in [0.25, 0.3) is 5.56 Å². The molecule has 7 nitrogen and oxygen atoms in total. The first-order valence-electron chi connectivity index (χ1n) is 10.6. The van der Waals surface area contributed by atoms with Gasteiger partial charge < -0.3 is 14.8 Å². The molecule has 0 atom stereocenters. The highest BCUT2D eigenvalue weighted by molar-refractivity contribution is 5.93. The minimum Gasteiger partial charge on any atom is -0.454 e. The maximum atomic E-state index is 13.2. The standard InChI is InChI=1S/C25H22FN3O4/c1-28-25(31)20-13-19(8-9-21(20)29(28)14-17-2-6-18(26)7-3-17)27-24(30)11-5-16-4-10-22-23(12-16)33-15-32-22/h2-4,6-10,12-13H,5,11,14-15H2,1H3,(H,27,30). The Morgan fingerprint density at radius 1 is 1.00 bits per heavy atom. The number of hydrogen-bond donors (Lipinski definition) is 1. The zero-order chi connectivity index (χ0) is 22.9. The molecule has 0 spiro atoms. The van der Waals surface area contributed by atoms with Crippen molar-refractivity contribution in [3.8, 4) is 11.5 Å². The zero-order valence-corrected chi connectivity index (χ0v) is 18.0. The van der Waals surface area contributed by atoms with Gasteiger partial charge in [-0.05, 0) is 60.0 Å². The number of rotatable bonds is 6. The number of benzene rings is 3. The predicted octanol–water partition coefficient (Wildman–Crippen LogP) is 3.83. The molecular formula is C25H22FN3O4. The Hall–Kier alpha value is -4.07. The van der Waals surface area contributed by atoms with Crippen molar-refractivity contribution in [2.45, 2.75) is 19.4 Å². The molecule has 1 aliphatic heterocycles. The van der Waals surface area contributed by atoms with E-state index in [9.17, 15) is 14.0 Å². The van der Waals surface area contributed by atoms with Gasteiger partial charge in [0.05, 0.1) is 17.4 Å². The topological polar surface area (TPSA) is 74.5 Å². The van der Waals surface area contributed by atoms with E-state index in [0.717, 1.165) is 16.6 Å². The van der Waals surface area contributed by atoms with Gasteiger partial charge >= 0.3 is 0 Å². The normalized spacial score (nSPS) is 12.3. The van der Waals surface area contributed by atoms with Crippen LogP contribution >= 0.6 is 0 Å². The lowest BCUT2D eigenvalue weighted by atomic mass is 10.1. The van der Waals surface area contributed by atoms with E-state index in [4.69, 9.17) is 9.47 Å². The van der Waals surface area contributed by atoms with Gasteiger partial charge in [-0.25, -0.2) is 4.39 Å². The van der Waals surface area contributed by atoms with Crippen molar-refractivity contribution in [3.05, 3.63) is 88.0 Å². The molecule has 1 N–H and O–H groups in total. The Morgan fingerprint density at radius 2 is 1.76 bits per heavy atom. The van der Waals surface area contributed by atoms with Crippen molar-refractivity contribution < 1.29 is 18.7 Å². The number of nitrogens with zero attached hydrogens (tertiary/aromatic N) is 2. The van der Waals surface area contributed by atoms with Gasteiger partial charge in [-0.3, -0.25) is 19.0 Å². The molecule has 0 radical (unpaired) electrons. The highest BCUT2D eigenvalue weighted by Crippen LogP contribution is 2.32. The number of carbonyl (C=O) groups is 1. The molecule has 0 fully saturated rings. The summed E-state index contributed by atoms with van der Waals surface area (Å²) in [4.78, 5) is 25.3. The number of aryl methyl sites for hydroxylation is 1. The van der Waals surface area contributed by atoms with Crippen LogP contribution in [0.4, 0.5) is 10.1 Å². The predicted molar refractivity (Wildman–Crippen MR) is 122 cm³/mol. The summed E-state index contributed by atoms with van der Waals surface area (Å²) in [5.41, 5.74) is 3.00. The van der Waals surface area contributed by atoms with E-state index in [1.807, 2.05) is 28.9 Å². The summed E-state index contributed by atoms with van der Waals surface area (Å²) < 4.78 is 27.2. The summed E-state index contributed by atoms with van der Waals surface area (Å²) in [6.07, 6.45) is 0.849. The van der Waals surface area contributed by atoms with Crippen LogP contribution < -0.4 is 20.3 Å². The summed E-state index contributed by atoms with van der Waals surface area (Å²) in [7, 11) is 1.69. The van der Waals surface area contributed by atoms with Gasteiger partial charge in [-0.1, -0.05) is 18.2 Å². The average Bonchev–Trinajstić information content (AvgIpc) is 3.37. The molecule has 0 bridgehead atoms. The number of ether oxygens (including phenoxy) is 2. The van der Waals surface area contributed by atoms with Gasteiger partial charge in [-0.15, -0.1) is 0 Å². The van der Waals surface area contributed by atoms with Crippen LogP contribution in [0.1, 0.15) is 17.5 Å². The number of amides is 1. The summed E-state index contributed by atoms with van der Waals surface area (Å²) in [6.45, 7) is 0.642. The molecule has 1 aliphatic rings. The van der Waals surface area contributed by atoms with E-state index < -0.39 is 0 Å². The van der Waals surface area contributed by atoms with Crippen molar-refractivity contribution in [1.29, 1.82) is 0 Å². The third kappa shape index (κ3) is 4.19. The Bertz CT molecular complexity index is 1410. The van der Waals surface area contributed by atoms with E-state index in [1.54, 1.807) is 31.3 Å². The maximum Gasteiger partial charge on any atom is 0.274 e. The molecule has 5 rings (SSSR count). The van der Waals surface area contributed by atoms with Crippen LogP contribution in [0.15, 0.2) is 65.5 Å². The van der Waals surface area contributed by atoms with Crippen LogP contribution in [-0.2, 0) is 24.8 Å². The molecule has 4 aromatic rings. The summed E-state index contributed by atoms with van der Waals surface area (Å²) in [6, 6.07) is 17.1. The molecular weight excluding hydrogens is 425 g/mol. The quantitative estimate of drug-likeness (QED) is 0.488. The first kappa shape index (κ1) is 20.8. The highest BCUT2D eigenvalue weighted by Gasteiger charge is 2.15. The lowest BCUT2D eigenvalue weighted by Crippen LogP contribution is -2.19. The Morgan fingerprint density at radius 3 is 2.58 bits per heavy atom. The number of hydrogen-bond acceptors (Lipinski definition) is 4.